The van der Waals surface area contributed by atoms with Gasteiger partial charge in [0.2, 0.25) is 0 Å². The predicted octanol–water partition coefficient (Wildman–Crippen LogP) is 1.20. The van der Waals surface area contributed by atoms with Gasteiger partial charge in [0.1, 0.15) is 0 Å². The summed E-state index contributed by atoms with van der Waals surface area (Å²) in [5.74, 6) is -0.343. The van der Waals surface area contributed by atoms with Gasteiger partial charge in [0, 0.05) is 12.8 Å². The summed E-state index contributed by atoms with van der Waals surface area (Å²) in [6, 6.07) is 0. The Morgan fingerprint density at radius 2 is 2.27 bits per heavy atom. The van der Waals surface area contributed by atoms with Crippen LogP contribution in [0.2, 0.25) is 0 Å². The normalized spacial score (nSPS) is 12.1. The Morgan fingerprint density at radius 3 is 2.64 bits per heavy atom. The lowest BCUT2D eigenvalue weighted by Crippen LogP contribution is -2.05. The van der Waals surface area contributed by atoms with Gasteiger partial charge in [-0.25, -0.2) is 4.79 Å². The first-order valence-corrected chi connectivity index (χ1v) is 3.50. The highest BCUT2D eigenvalue weighted by atomic mass is 16.5. The van der Waals surface area contributed by atoms with Crippen molar-refractivity contribution in [2.45, 2.75) is 13.8 Å². The van der Waals surface area contributed by atoms with Crippen LogP contribution in [-0.4, -0.2) is 25.8 Å². The van der Waals surface area contributed by atoms with E-state index in [4.69, 9.17) is 0 Å². The third-order valence-electron chi connectivity index (χ3n) is 1.15. The van der Waals surface area contributed by atoms with Crippen LogP contribution in [0.15, 0.2) is 16.6 Å². The van der Waals surface area contributed by atoms with Crippen LogP contribution in [-0.2, 0) is 9.53 Å². The molecule has 0 heterocycles. The second-order valence-electron chi connectivity index (χ2n) is 1.86. The minimum atomic E-state index is -0.343. The van der Waals surface area contributed by atoms with Crippen molar-refractivity contribution in [3.63, 3.8) is 0 Å². The monoisotopic (exact) mass is 155 g/mol. The number of hydrogen-bond acceptors (Lipinski definition) is 3. The molecule has 0 atom stereocenters. The smallest absolute Gasteiger partial charge is 0.339 e. The third kappa shape index (κ3) is 3.55. The van der Waals surface area contributed by atoms with Crippen molar-refractivity contribution < 1.29 is 9.53 Å². The van der Waals surface area contributed by atoms with E-state index in [-0.39, 0.29) is 5.97 Å². The number of aliphatic imine (C=N–C) groups is 1. The molecule has 0 aliphatic carbocycles. The number of methoxy groups -OCH3 is 1. The quantitative estimate of drug-likeness (QED) is 0.349. The fourth-order valence-corrected chi connectivity index (χ4v) is 0.553. The minimum absolute atomic E-state index is 0.343. The maximum atomic E-state index is 10.9. The van der Waals surface area contributed by atoms with E-state index in [9.17, 15) is 4.79 Å². The summed E-state index contributed by atoms with van der Waals surface area (Å²) in [6.45, 7) is 4.35. The number of carbonyl (C=O) groups excluding carboxylic acids is 1. The molecule has 11 heavy (non-hydrogen) atoms. The van der Waals surface area contributed by atoms with Gasteiger partial charge in [-0.3, -0.25) is 4.99 Å². The molecule has 0 N–H and O–H groups in total. The first kappa shape index (κ1) is 9.88. The predicted molar refractivity (Wildman–Crippen MR) is 44.8 cm³/mol. The number of rotatable bonds is 3. The molecule has 0 radical (unpaired) electrons. The summed E-state index contributed by atoms with van der Waals surface area (Å²) in [5, 5.41) is 0. The van der Waals surface area contributed by atoms with Gasteiger partial charge >= 0.3 is 5.97 Å². The van der Waals surface area contributed by atoms with Crippen molar-refractivity contribution in [3.8, 4) is 0 Å². The second-order valence-corrected chi connectivity index (χ2v) is 1.86. The summed E-state index contributed by atoms with van der Waals surface area (Å²) < 4.78 is 4.50. The number of ether oxygens (including phenoxy) is 1. The van der Waals surface area contributed by atoms with E-state index in [0.29, 0.717) is 12.1 Å². The number of allylic oxidation sites excluding steroid dienone is 1. The maximum absolute atomic E-state index is 10.9. The first-order chi connectivity index (χ1) is 5.26. The Labute approximate surface area is 66.8 Å². The number of hydrogen-bond donors (Lipinski definition) is 0. The van der Waals surface area contributed by atoms with Crippen LogP contribution in [0, 0.1) is 0 Å². The van der Waals surface area contributed by atoms with Crippen molar-refractivity contribution in [2.24, 2.45) is 4.99 Å². The summed E-state index contributed by atoms with van der Waals surface area (Å²) in [4.78, 5) is 14.8. The molecular formula is C8H13NO2. The van der Waals surface area contributed by atoms with E-state index < -0.39 is 0 Å². The highest BCUT2D eigenvalue weighted by Gasteiger charge is 2.03. The molecule has 0 aliphatic heterocycles. The van der Waals surface area contributed by atoms with Gasteiger partial charge in [-0.05, 0) is 13.8 Å². The Hall–Kier alpha value is -1.12. The van der Waals surface area contributed by atoms with E-state index in [1.165, 1.54) is 13.3 Å². The van der Waals surface area contributed by atoms with Gasteiger partial charge in [-0.1, -0.05) is 6.08 Å². The zero-order valence-electron chi connectivity index (χ0n) is 7.13. The third-order valence-corrected chi connectivity index (χ3v) is 1.15. The van der Waals surface area contributed by atoms with Crippen LogP contribution in [0.25, 0.3) is 0 Å². The fourth-order valence-electron chi connectivity index (χ4n) is 0.553. The highest BCUT2D eigenvalue weighted by molar-refractivity contribution is 6.09. The molecule has 62 valence electrons. The molecule has 0 aromatic carbocycles. The van der Waals surface area contributed by atoms with Crippen molar-refractivity contribution in [1.82, 2.24) is 0 Å². The van der Waals surface area contributed by atoms with E-state index in [0.717, 1.165) is 0 Å². The van der Waals surface area contributed by atoms with Crippen LogP contribution in [0.3, 0.4) is 0 Å². The highest BCUT2D eigenvalue weighted by Crippen LogP contribution is 1.92. The number of esters is 1. The van der Waals surface area contributed by atoms with Crippen molar-refractivity contribution in [1.29, 1.82) is 0 Å². The van der Waals surface area contributed by atoms with Gasteiger partial charge in [-0.15, -0.1) is 0 Å². The molecule has 3 nitrogen and oxygen atoms in total. The summed E-state index contributed by atoms with van der Waals surface area (Å²) >= 11 is 0. The van der Waals surface area contributed by atoms with Gasteiger partial charge < -0.3 is 4.74 Å². The van der Waals surface area contributed by atoms with Crippen molar-refractivity contribution in [2.75, 3.05) is 13.7 Å². The Morgan fingerprint density at radius 1 is 1.64 bits per heavy atom. The van der Waals surface area contributed by atoms with Crippen LogP contribution in [0.1, 0.15) is 13.8 Å². The number of carbonyl (C=O) groups is 1. The second kappa shape index (κ2) is 5.65. The van der Waals surface area contributed by atoms with Gasteiger partial charge in [0.15, 0.2) is 0 Å². The van der Waals surface area contributed by atoms with Crippen LogP contribution in [0.5, 0.6) is 0 Å². The lowest BCUT2D eigenvalue weighted by atomic mass is 10.3. The molecular weight excluding hydrogens is 142 g/mol. The van der Waals surface area contributed by atoms with E-state index >= 15 is 0 Å². The molecule has 0 aromatic rings. The summed E-state index contributed by atoms with van der Waals surface area (Å²) in [5.41, 5.74) is 0.495. The molecule has 0 unspecified atom stereocenters. The number of nitrogens with zero attached hydrogens (tertiary/aromatic N) is 1. The Bertz CT molecular complexity index is 183. The van der Waals surface area contributed by atoms with Crippen LogP contribution < -0.4 is 0 Å². The van der Waals surface area contributed by atoms with Crippen molar-refractivity contribution >= 4 is 12.2 Å². The van der Waals surface area contributed by atoms with E-state index in [2.05, 4.69) is 9.73 Å². The molecule has 3 heteroatoms. The van der Waals surface area contributed by atoms with Crippen LogP contribution >= 0.6 is 0 Å². The molecule has 0 amide bonds. The van der Waals surface area contributed by atoms with E-state index in [1.807, 2.05) is 6.92 Å². The summed E-state index contributed by atoms with van der Waals surface area (Å²) in [7, 11) is 1.35. The maximum Gasteiger partial charge on any atom is 0.339 e. The van der Waals surface area contributed by atoms with Gasteiger partial charge in [0.25, 0.3) is 0 Å². The zero-order chi connectivity index (χ0) is 8.69. The minimum Gasteiger partial charge on any atom is -0.465 e. The van der Waals surface area contributed by atoms with Gasteiger partial charge in [-0.2, -0.15) is 0 Å². The van der Waals surface area contributed by atoms with Crippen molar-refractivity contribution in [3.05, 3.63) is 11.6 Å². The average molecular weight is 155 g/mol. The summed E-state index contributed by atoms with van der Waals surface area (Å²) in [6.07, 6.45) is 3.19. The molecule has 0 saturated carbocycles. The molecule has 0 saturated heterocycles. The van der Waals surface area contributed by atoms with Gasteiger partial charge in [0.05, 0.1) is 12.7 Å². The molecule has 0 rings (SSSR count). The Kier molecular flexibility index (Phi) is 5.07. The molecule has 0 aromatic heterocycles. The van der Waals surface area contributed by atoms with E-state index in [1.54, 1.807) is 13.0 Å². The zero-order valence-corrected chi connectivity index (χ0v) is 7.13. The molecule has 0 fully saturated rings. The standard InChI is InChI=1S/C8H13NO2/c1-4-7(6-9-5-2)8(10)11-3/h4,6H,5H2,1-3H3/b7-4+,9-6?. The lowest BCUT2D eigenvalue weighted by Gasteiger charge is -1.96. The molecule has 0 aliphatic rings. The Balaban J connectivity index is 4.19. The lowest BCUT2D eigenvalue weighted by molar-refractivity contribution is -0.135. The van der Waals surface area contributed by atoms with Crippen LogP contribution in [0.4, 0.5) is 0 Å². The fraction of sp³-hybridized carbons (Fsp3) is 0.500. The first-order valence-electron chi connectivity index (χ1n) is 3.50. The largest absolute Gasteiger partial charge is 0.465 e. The topological polar surface area (TPSA) is 38.7 Å². The SMILES string of the molecule is C/C=C(\C=NCC)C(=O)OC. The molecule has 0 spiro atoms. The molecule has 0 bridgehead atoms. The average Bonchev–Trinajstić information content (AvgIpc) is 2.05.